The fourth-order valence-corrected chi connectivity index (χ4v) is 3.60. The molecule has 0 N–H and O–H groups in total. The van der Waals surface area contributed by atoms with Gasteiger partial charge in [-0.05, 0) is 47.3 Å². The molecule has 0 fully saturated rings. The number of methoxy groups -OCH3 is 1. The molecule has 1 aromatic rings. The minimum atomic E-state index is -0.00838. The van der Waals surface area contributed by atoms with E-state index in [2.05, 4.69) is 34.3 Å². The van der Waals surface area contributed by atoms with Crippen LogP contribution in [0.1, 0.15) is 67.6 Å². The third kappa shape index (κ3) is 2.52. The van der Waals surface area contributed by atoms with Crippen LogP contribution >= 0.6 is 0 Å². The summed E-state index contributed by atoms with van der Waals surface area (Å²) >= 11 is 0. The van der Waals surface area contributed by atoms with E-state index < -0.39 is 0 Å². The van der Waals surface area contributed by atoms with Crippen molar-refractivity contribution in [1.29, 1.82) is 0 Å². The van der Waals surface area contributed by atoms with Crippen molar-refractivity contribution in [1.82, 2.24) is 0 Å². The molecule has 1 aliphatic carbocycles. The largest absolute Gasteiger partial charge is 0.496 e. The molecule has 1 aliphatic rings. The molecular weight excluding hydrogens is 260 g/mol. The lowest BCUT2D eigenvalue weighted by molar-refractivity contribution is 0.111. The molecule has 2 heteroatoms. The van der Waals surface area contributed by atoms with E-state index in [9.17, 15) is 4.79 Å². The zero-order chi connectivity index (χ0) is 15.8. The maximum Gasteiger partial charge on any atom is 0.150 e. The second-order valence-corrected chi connectivity index (χ2v) is 7.28. The van der Waals surface area contributed by atoms with Crippen LogP contribution in [0.25, 0.3) is 0 Å². The van der Waals surface area contributed by atoms with E-state index in [0.717, 1.165) is 36.0 Å². The van der Waals surface area contributed by atoms with E-state index in [4.69, 9.17) is 4.74 Å². The third-order valence-corrected chi connectivity index (χ3v) is 4.85. The number of hydrogen-bond acceptors (Lipinski definition) is 2. The Morgan fingerprint density at radius 1 is 1.19 bits per heavy atom. The van der Waals surface area contributed by atoms with Gasteiger partial charge in [0.2, 0.25) is 0 Å². The number of ether oxygens (including phenoxy) is 1. The van der Waals surface area contributed by atoms with Crippen LogP contribution in [0.15, 0.2) is 18.7 Å². The second-order valence-electron chi connectivity index (χ2n) is 7.28. The minimum absolute atomic E-state index is 0.00838. The van der Waals surface area contributed by atoms with Gasteiger partial charge in [0.1, 0.15) is 5.75 Å². The summed E-state index contributed by atoms with van der Waals surface area (Å²) in [6, 6.07) is 2.02. The van der Waals surface area contributed by atoms with E-state index in [0.29, 0.717) is 6.42 Å². The van der Waals surface area contributed by atoms with Crippen molar-refractivity contribution in [2.45, 2.75) is 57.8 Å². The van der Waals surface area contributed by atoms with Gasteiger partial charge in [0.25, 0.3) is 0 Å². The normalized spacial score (nSPS) is 18.7. The van der Waals surface area contributed by atoms with Crippen LogP contribution in [0.2, 0.25) is 0 Å². The Kier molecular flexibility index (Phi) is 4.01. The number of aldehydes is 1. The molecule has 0 aliphatic heterocycles. The average molecular weight is 286 g/mol. The Labute approximate surface area is 128 Å². The highest BCUT2D eigenvalue weighted by Crippen LogP contribution is 2.51. The second kappa shape index (κ2) is 5.32. The molecular formula is C19H26O2. The lowest BCUT2D eigenvalue weighted by atomic mass is 9.61. The standard InChI is InChI=1S/C19H26O2/c1-7-8-13-11-15(21-6)17-16(14(13)12-20)18(2,3)9-10-19(17,4)5/h7,11-12H,1,8-10H2,2-6H3. The summed E-state index contributed by atoms with van der Waals surface area (Å²) < 4.78 is 5.68. The lowest BCUT2D eigenvalue weighted by Crippen LogP contribution is -2.36. The average Bonchev–Trinajstić information content (AvgIpc) is 2.43. The first-order valence-corrected chi connectivity index (χ1v) is 7.59. The van der Waals surface area contributed by atoms with Crippen molar-refractivity contribution in [3.63, 3.8) is 0 Å². The van der Waals surface area contributed by atoms with Crippen LogP contribution in [0, 0.1) is 0 Å². The summed E-state index contributed by atoms with van der Waals surface area (Å²) in [5.74, 6) is 0.908. The Hall–Kier alpha value is -1.57. The number of hydrogen-bond donors (Lipinski definition) is 0. The van der Waals surface area contributed by atoms with Crippen molar-refractivity contribution in [2.75, 3.05) is 7.11 Å². The number of carbonyl (C=O) groups excluding carboxylic acids is 1. The van der Waals surface area contributed by atoms with Gasteiger partial charge in [-0.15, -0.1) is 6.58 Å². The molecule has 2 nitrogen and oxygen atoms in total. The number of carbonyl (C=O) groups is 1. The molecule has 0 saturated heterocycles. The zero-order valence-electron chi connectivity index (χ0n) is 13.9. The van der Waals surface area contributed by atoms with Gasteiger partial charge in [-0.1, -0.05) is 33.8 Å². The number of fused-ring (bicyclic) bond motifs is 1. The Balaban J connectivity index is 2.89. The van der Waals surface area contributed by atoms with E-state index >= 15 is 0 Å². The number of rotatable bonds is 4. The van der Waals surface area contributed by atoms with Crippen molar-refractivity contribution < 1.29 is 9.53 Å². The summed E-state index contributed by atoms with van der Waals surface area (Å²) in [7, 11) is 1.71. The first kappa shape index (κ1) is 15.8. The predicted molar refractivity (Wildman–Crippen MR) is 87.6 cm³/mol. The molecule has 1 aromatic carbocycles. The highest BCUT2D eigenvalue weighted by Gasteiger charge is 2.41. The van der Waals surface area contributed by atoms with Gasteiger partial charge in [0, 0.05) is 11.1 Å². The first-order chi connectivity index (χ1) is 9.78. The van der Waals surface area contributed by atoms with Gasteiger partial charge < -0.3 is 4.74 Å². The van der Waals surface area contributed by atoms with Crippen molar-refractivity contribution in [2.24, 2.45) is 0 Å². The summed E-state index contributed by atoms with van der Waals surface area (Å²) in [6.07, 6.45) is 5.72. The summed E-state index contributed by atoms with van der Waals surface area (Å²) in [5.41, 5.74) is 4.25. The van der Waals surface area contributed by atoms with Crippen LogP contribution in [0.4, 0.5) is 0 Å². The molecule has 114 valence electrons. The van der Waals surface area contributed by atoms with E-state index in [-0.39, 0.29) is 10.8 Å². The van der Waals surface area contributed by atoms with Crippen LogP contribution in [-0.2, 0) is 17.3 Å². The fraction of sp³-hybridized carbons (Fsp3) is 0.526. The molecule has 0 radical (unpaired) electrons. The van der Waals surface area contributed by atoms with Crippen molar-refractivity contribution in [3.05, 3.63) is 41.0 Å². The molecule has 2 rings (SSSR count). The summed E-state index contributed by atoms with van der Waals surface area (Å²) in [4.78, 5) is 11.8. The Morgan fingerprint density at radius 2 is 1.76 bits per heavy atom. The van der Waals surface area contributed by atoms with Gasteiger partial charge in [-0.2, -0.15) is 0 Å². The van der Waals surface area contributed by atoms with Crippen LogP contribution in [0.5, 0.6) is 5.75 Å². The number of benzene rings is 1. The van der Waals surface area contributed by atoms with E-state index in [1.807, 2.05) is 12.1 Å². The molecule has 0 heterocycles. The quantitative estimate of drug-likeness (QED) is 0.598. The highest BCUT2D eigenvalue weighted by molar-refractivity contribution is 5.83. The zero-order valence-corrected chi connectivity index (χ0v) is 13.9. The smallest absolute Gasteiger partial charge is 0.150 e. The molecule has 0 saturated carbocycles. The first-order valence-electron chi connectivity index (χ1n) is 7.59. The maximum absolute atomic E-state index is 11.8. The van der Waals surface area contributed by atoms with Crippen LogP contribution in [0.3, 0.4) is 0 Å². The number of allylic oxidation sites excluding steroid dienone is 1. The van der Waals surface area contributed by atoms with E-state index in [1.54, 1.807) is 7.11 Å². The van der Waals surface area contributed by atoms with Gasteiger partial charge in [-0.25, -0.2) is 0 Å². The molecule has 0 spiro atoms. The summed E-state index contributed by atoms with van der Waals surface area (Å²) in [6.45, 7) is 12.7. The fourth-order valence-electron chi connectivity index (χ4n) is 3.60. The summed E-state index contributed by atoms with van der Waals surface area (Å²) in [5, 5.41) is 0. The molecule has 21 heavy (non-hydrogen) atoms. The predicted octanol–water partition coefficient (Wildman–Crippen LogP) is 4.59. The van der Waals surface area contributed by atoms with Crippen LogP contribution in [-0.4, -0.2) is 13.4 Å². The van der Waals surface area contributed by atoms with Crippen molar-refractivity contribution in [3.8, 4) is 5.75 Å². The highest BCUT2D eigenvalue weighted by atomic mass is 16.5. The molecule has 0 unspecified atom stereocenters. The monoisotopic (exact) mass is 286 g/mol. The topological polar surface area (TPSA) is 26.3 Å². The third-order valence-electron chi connectivity index (χ3n) is 4.85. The SMILES string of the molecule is C=CCc1cc(OC)c2c(c1C=O)C(C)(C)CCC2(C)C. The van der Waals surface area contributed by atoms with E-state index in [1.165, 1.54) is 11.1 Å². The Morgan fingerprint density at radius 3 is 2.24 bits per heavy atom. The van der Waals surface area contributed by atoms with Gasteiger partial charge in [0.05, 0.1) is 7.11 Å². The Bertz CT molecular complexity index is 580. The molecule has 0 bridgehead atoms. The maximum atomic E-state index is 11.8. The molecule has 0 atom stereocenters. The van der Waals surface area contributed by atoms with Crippen LogP contribution < -0.4 is 4.74 Å². The van der Waals surface area contributed by atoms with Crippen molar-refractivity contribution >= 4 is 6.29 Å². The van der Waals surface area contributed by atoms with Gasteiger partial charge in [-0.3, -0.25) is 4.79 Å². The lowest BCUT2D eigenvalue weighted by Gasteiger charge is -2.43. The van der Waals surface area contributed by atoms with Gasteiger partial charge >= 0.3 is 0 Å². The minimum Gasteiger partial charge on any atom is -0.496 e. The van der Waals surface area contributed by atoms with Gasteiger partial charge in [0.15, 0.2) is 6.29 Å². The molecule has 0 aromatic heterocycles. The molecule has 0 amide bonds.